The molecule has 0 spiro atoms. The van der Waals surface area contributed by atoms with E-state index in [4.69, 9.17) is 32.6 Å². The van der Waals surface area contributed by atoms with E-state index in [0.717, 1.165) is 14.9 Å². The van der Waals surface area contributed by atoms with E-state index in [0.29, 0.717) is 27.0 Å². The maximum Gasteiger partial charge on any atom is 0.447 e. The molecule has 0 atom stereocenters. The largest absolute Gasteiger partial charge is 0.447 e. The van der Waals surface area contributed by atoms with E-state index in [9.17, 15) is 9.59 Å². The zero-order chi connectivity index (χ0) is 19.6. The van der Waals surface area contributed by atoms with Crippen LogP contribution in [-0.4, -0.2) is 15.0 Å². The van der Waals surface area contributed by atoms with Crippen molar-refractivity contribution in [3.8, 4) is 5.69 Å². The average Bonchev–Trinajstić information content (AvgIpc) is 2.86. The van der Waals surface area contributed by atoms with Gasteiger partial charge in [-0.15, -0.1) is 0 Å². The summed E-state index contributed by atoms with van der Waals surface area (Å²) in [4.78, 5) is 29.4. The monoisotopic (exact) mass is 407 g/mol. The summed E-state index contributed by atoms with van der Waals surface area (Å²) in [6.45, 7) is 1.80. The number of halogens is 2. The first kappa shape index (κ1) is 19.0. The van der Waals surface area contributed by atoms with Crippen LogP contribution in [0.15, 0.2) is 61.7 Å². The van der Waals surface area contributed by atoms with Gasteiger partial charge in [0.25, 0.3) is 0 Å². The molecule has 0 N–H and O–H groups in total. The van der Waals surface area contributed by atoms with E-state index >= 15 is 0 Å². The maximum atomic E-state index is 12.1. The molecule has 140 valence electrons. The molecule has 0 aliphatic heterocycles. The van der Waals surface area contributed by atoms with Crippen LogP contribution in [0.2, 0.25) is 10.0 Å². The van der Waals surface area contributed by atoms with Crippen LogP contribution in [0.3, 0.4) is 0 Å². The van der Waals surface area contributed by atoms with E-state index < -0.39 is 11.4 Å². The number of rotatable bonds is 5. The molecule has 2 aromatic carbocycles. The molecule has 3 aromatic rings. The van der Waals surface area contributed by atoms with E-state index in [1.54, 1.807) is 49.4 Å². The van der Waals surface area contributed by atoms with Gasteiger partial charge in [-0.25, -0.2) is 9.59 Å². The molecule has 0 aliphatic rings. The molecule has 0 saturated carbocycles. The lowest BCUT2D eigenvalue weighted by molar-refractivity contribution is 0.130. The highest BCUT2D eigenvalue weighted by molar-refractivity contribution is 6.35. The third-order valence-electron chi connectivity index (χ3n) is 3.79. The van der Waals surface area contributed by atoms with Crippen LogP contribution >= 0.6 is 23.2 Å². The third kappa shape index (κ3) is 4.15. The smallest absolute Gasteiger partial charge is 0.391 e. The van der Waals surface area contributed by atoms with Crippen LogP contribution in [-0.2, 0) is 18.5 Å². The Hall–Kier alpha value is -2.77. The van der Waals surface area contributed by atoms with Crippen LogP contribution < -0.4 is 11.4 Å². The van der Waals surface area contributed by atoms with Crippen LogP contribution in [0.25, 0.3) is 5.69 Å². The summed E-state index contributed by atoms with van der Waals surface area (Å²) in [5.41, 5.74) is 1.68. The molecule has 0 amide bonds. The topological polar surface area (TPSA) is 78.7 Å². The van der Waals surface area contributed by atoms with Gasteiger partial charge in [0.05, 0.1) is 18.4 Å². The summed E-state index contributed by atoms with van der Waals surface area (Å²) in [6.07, 6.45) is 0. The van der Waals surface area contributed by atoms with Crippen molar-refractivity contribution in [2.24, 2.45) is 12.2 Å². The van der Waals surface area contributed by atoms with Crippen LogP contribution in [0.5, 0.6) is 0 Å². The van der Waals surface area contributed by atoms with Crippen molar-refractivity contribution in [2.45, 2.75) is 13.5 Å². The number of para-hydroxylation sites is 1. The van der Waals surface area contributed by atoms with Gasteiger partial charge in [0.1, 0.15) is 6.61 Å². The van der Waals surface area contributed by atoms with Gasteiger partial charge in [0, 0.05) is 21.2 Å². The predicted molar refractivity (Wildman–Crippen MR) is 103 cm³/mol. The molecule has 0 aliphatic carbocycles. The van der Waals surface area contributed by atoms with E-state index in [2.05, 4.69) is 5.16 Å². The van der Waals surface area contributed by atoms with Crippen LogP contribution in [0, 0.1) is 0 Å². The predicted octanol–water partition coefficient (Wildman–Crippen LogP) is 3.38. The average molecular weight is 408 g/mol. The Morgan fingerprint density at radius 1 is 1.15 bits per heavy atom. The lowest BCUT2D eigenvalue weighted by Gasteiger charge is -2.08. The Morgan fingerprint density at radius 2 is 1.81 bits per heavy atom. The molecule has 1 heterocycles. The molecule has 1 aromatic heterocycles. The van der Waals surface area contributed by atoms with E-state index in [1.807, 2.05) is 0 Å². The first-order valence-electron chi connectivity index (χ1n) is 7.87. The highest BCUT2D eigenvalue weighted by Gasteiger charge is 2.14. The molecule has 0 radical (unpaired) electrons. The summed E-state index contributed by atoms with van der Waals surface area (Å²) in [6, 6.07) is 11.9. The molecule has 3 rings (SSSR count). The number of aromatic nitrogens is 2. The molecule has 9 heteroatoms. The highest BCUT2D eigenvalue weighted by Crippen LogP contribution is 2.20. The van der Waals surface area contributed by atoms with Crippen molar-refractivity contribution >= 4 is 28.9 Å². The number of hydrogen-bond acceptors (Lipinski definition) is 5. The Bertz CT molecular complexity index is 1110. The van der Waals surface area contributed by atoms with Crippen molar-refractivity contribution in [1.29, 1.82) is 0 Å². The zero-order valence-corrected chi connectivity index (χ0v) is 16.0. The first-order chi connectivity index (χ1) is 12.9. The fourth-order valence-corrected chi connectivity index (χ4v) is 3.01. The Balaban J connectivity index is 1.85. The first-order valence-corrected chi connectivity index (χ1v) is 8.63. The Labute approximate surface area is 164 Å². The molecular weight excluding hydrogens is 393 g/mol. The normalized spacial score (nSPS) is 11.6. The number of benzene rings is 2. The third-order valence-corrected chi connectivity index (χ3v) is 4.23. The highest BCUT2D eigenvalue weighted by atomic mass is 35.5. The molecular formula is C18H15Cl2N3O4. The quantitative estimate of drug-likeness (QED) is 0.479. The maximum absolute atomic E-state index is 12.1. The molecule has 0 bridgehead atoms. The van der Waals surface area contributed by atoms with Gasteiger partial charge in [-0.3, -0.25) is 0 Å². The van der Waals surface area contributed by atoms with Crippen molar-refractivity contribution in [2.75, 3.05) is 0 Å². The van der Waals surface area contributed by atoms with Gasteiger partial charge < -0.3 is 9.36 Å². The second-order valence-electron chi connectivity index (χ2n) is 5.71. The van der Waals surface area contributed by atoms with Gasteiger partial charge >= 0.3 is 11.4 Å². The Morgan fingerprint density at radius 3 is 2.44 bits per heavy atom. The van der Waals surface area contributed by atoms with Crippen molar-refractivity contribution < 1.29 is 9.36 Å². The Kier molecular flexibility index (Phi) is 5.53. The van der Waals surface area contributed by atoms with Crippen molar-refractivity contribution in [3.05, 3.63) is 84.7 Å². The van der Waals surface area contributed by atoms with Gasteiger partial charge in [-0.2, -0.15) is 9.31 Å². The van der Waals surface area contributed by atoms with Crippen molar-refractivity contribution in [1.82, 2.24) is 9.31 Å². The molecule has 27 heavy (non-hydrogen) atoms. The lowest BCUT2D eigenvalue weighted by Crippen LogP contribution is -2.27. The minimum Gasteiger partial charge on any atom is -0.391 e. The van der Waals surface area contributed by atoms with Crippen molar-refractivity contribution in [3.63, 3.8) is 0 Å². The van der Waals surface area contributed by atoms with E-state index in [1.165, 1.54) is 7.05 Å². The SMILES string of the molecule is C/C(=N\OCc1ccccc1-n1c(=O)on(C)c1=O)c1cc(Cl)cc(Cl)c1. The standard InChI is InChI=1S/C18H15Cl2N3O4/c1-11(13-7-14(19)9-15(20)8-13)21-26-10-12-5-3-4-6-16(12)23-17(24)22(2)27-18(23)25/h3-9H,10H2,1-2H3/b21-11+. The molecule has 0 fully saturated rings. The number of nitrogens with zero attached hydrogens (tertiary/aromatic N) is 3. The fraction of sp³-hybridized carbons (Fsp3) is 0.167. The minimum atomic E-state index is -0.775. The van der Waals surface area contributed by atoms with Gasteiger partial charge in [-0.05, 0) is 31.2 Å². The van der Waals surface area contributed by atoms with Gasteiger partial charge in [-0.1, -0.05) is 46.6 Å². The van der Waals surface area contributed by atoms with Crippen LogP contribution in [0.1, 0.15) is 18.1 Å². The zero-order valence-electron chi connectivity index (χ0n) is 14.5. The summed E-state index contributed by atoms with van der Waals surface area (Å²) in [5, 5.41) is 5.05. The molecule has 0 unspecified atom stereocenters. The lowest BCUT2D eigenvalue weighted by atomic mass is 10.1. The summed E-state index contributed by atoms with van der Waals surface area (Å²) in [7, 11) is 1.36. The number of aryl methyl sites for hydroxylation is 1. The molecule has 0 saturated heterocycles. The number of oxime groups is 1. The van der Waals surface area contributed by atoms with Crippen LogP contribution in [0.4, 0.5) is 0 Å². The second-order valence-corrected chi connectivity index (χ2v) is 6.58. The van der Waals surface area contributed by atoms with E-state index in [-0.39, 0.29) is 6.61 Å². The summed E-state index contributed by atoms with van der Waals surface area (Å²) >= 11 is 12.0. The fourth-order valence-electron chi connectivity index (χ4n) is 2.48. The number of hydrogen-bond donors (Lipinski definition) is 0. The van der Waals surface area contributed by atoms with Gasteiger partial charge in [0.2, 0.25) is 0 Å². The van der Waals surface area contributed by atoms with Gasteiger partial charge in [0.15, 0.2) is 0 Å². The minimum absolute atomic E-state index is 0.0442. The summed E-state index contributed by atoms with van der Waals surface area (Å²) < 4.78 is 6.60. The summed E-state index contributed by atoms with van der Waals surface area (Å²) in [5.74, 6) is -0.775. The molecule has 7 nitrogen and oxygen atoms in total. The second kappa shape index (κ2) is 7.85.